The Bertz CT molecular complexity index is 689. The van der Waals surface area contributed by atoms with Crippen LogP contribution < -0.4 is 4.74 Å². The highest BCUT2D eigenvalue weighted by atomic mass is 16.5. The summed E-state index contributed by atoms with van der Waals surface area (Å²) in [6.45, 7) is 3.26. The van der Waals surface area contributed by atoms with Gasteiger partial charge in [-0.1, -0.05) is 30.3 Å². The lowest BCUT2D eigenvalue weighted by Crippen LogP contribution is -2.28. The quantitative estimate of drug-likeness (QED) is 0.889. The molecule has 2 aromatic rings. The van der Waals surface area contributed by atoms with E-state index in [0.29, 0.717) is 11.3 Å². The fraction of sp³-hybridized carbons (Fsp3) is 0.278. The number of ether oxygens (including phenoxy) is 1. The molecule has 116 valence electrons. The van der Waals surface area contributed by atoms with Crippen LogP contribution in [0.4, 0.5) is 0 Å². The van der Waals surface area contributed by atoms with Gasteiger partial charge in [0.1, 0.15) is 5.75 Å². The maximum Gasteiger partial charge on any atom is 0.313 e. The maximum absolute atomic E-state index is 11.4. The first-order valence-electron chi connectivity index (χ1n) is 7.02. The molecule has 0 aliphatic rings. The Hall–Kier alpha value is -2.33. The minimum absolute atomic E-state index is 0.0914. The van der Waals surface area contributed by atoms with Crippen LogP contribution in [0.15, 0.2) is 42.5 Å². The van der Waals surface area contributed by atoms with Crippen LogP contribution in [0.3, 0.4) is 0 Å². The van der Waals surface area contributed by atoms with Crippen LogP contribution in [0.5, 0.6) is 5.75 Å². The second-order valence-electron chi connectivity index (χ2n) is 5.69. The second kappa shape index (κ2) is 6.20. The lowest BCUT2D eigenvalue weighted by atomic mass is 9.83. The molecule has 2 rings (SSSR count). The van der Waals surface area contributed by atoms with Crippen LogP contribution >= 0.6 is 0 Å². The van der Waals surface area contributed by atoms with E-state index < -0.39 is 11.4 Å². The molecule has 0 saturated carbocycles. The zero-order valence-electron chi connectivity index (χ0n) is 13.0. The highest BCUT2D eigenvalue weighted by Crippen LogP contribution is 2.32. The first-order chi connectivity index (χ1) is 10.4. The lowest BCUT2D eigenvalue weighted by molar-refractivity contribution is -0.142. The van der Waals surface area contributed by atoms with Crippen LogP contribution in [0.1, 0.15) is 25.0 Å². The van der Waals surface area contributed by atoms with Crippen LogP contribution in [0, 0.1) is 0 Å². The minimum atomic E-state index is -0.978. The van der Waals surface area contributed by atoms with Gasteiger partial charge in [-0.2, -0.15) is 0 Å². The van der Waals surface area contributed by atoms with Gasteiger partial charge in [0.05, 0.1) is 19.1 Å². The summed E-state index contributed by atoms with van der Waals surface area (Å²) in [6.07, 6.45) is 0. The van der Waals surface area contributed by atoms with Gasteiger partial charge in [-0.05, 0) is 48.2 Å². The largest absolute Gasteiger partial charge is 0.497 e. The third-order valence-electron chi connectivity index (χ3n) is 3.92. The van der Waals surface area contributed by atoms with E-state index in [0.717, 1.165) is 16.7 Å². The number of methoxy groups -OCH3 is 1. The summed E-state index contributed by atoms with van der Waals surface area (Å²) in [6, 6.07) is 12.8. The van der Waals surface area contributed by atoms with Crippen molar-refractivity contribution in [1.82, 2.24) is 0 Å². The molecule has 4 heteroatoms. The number of aliphatic hydroxyl groups excluding tert-OH is 1. The molecule has 0 spiro atoms. The fourth-order valence-electron chi connectivity index (χ4n) is 2.29. The Morgan fingerprint density at radius 2 is 1.91 bits per heavy atom. The number of hydrogen-bond donors (Lipinski definition) is 2. The van der Waals surface area contributed by atoms with Gasteiger partial charge in [-0.3, -0.25) is 4.79 Å². The molecule has 0 saturated heterocycles. The van der Waals surface area contributed by atoms with Gasteiger partial charge >= 0.3 is 5.97 Å². The molecule has 0 aliphatic carbocycles. The van der Waals surface area contributed by atoms with Crippen LogP contribution in [0.2, 0.25) is 0 Å². The molecule has 0 unspecified atom stereocenters. The SMILES string of the molecule is COc1ccc(CO)c(-c2cccc(C(C)(C)C(=O)O)c2)c1. The van der Waals surface area contributed by atoms with Crippen LogP contribution in [0.25, 0.3) is 11.1 Å². The molecule has 0 heterocycles. The highest BCUT2D eigenvalue weighted by molar-refractivity contribution is 5.81. The van der Waals surface area contributed by atoms with Crippen LogP contribution in [-0.4, -0.2) is 23.3 Å². The van der Waals surface area contributed by atoms with Gasteiger partial charge < -0.3 is 14.9 Å². The van der Waals surface area contributed by atoms with Gasteiger partial charge in [-0.15, -0.1) is 0 Å². The fourth-order valence-corrected chi connectivity index (χ4v) is 2.29. The number of carboxylic acid groups (broad SMARTS) is 1. The van der Waals surface area contributed by atoms with Gasteiger partial charge in [0.2, 0.25) is 0 Å². The lowest BCUT2D eigenvalue weighted by Gasteiger charge is -2.21. The average Bonchev–Trinajstić information content (AvgIpc) is 2.54. The van der Waals surface area contributed by atoms with Gasteiger partial charge in [0, 0.05) is 0 Å². The molecule has 0 radical (unpaired) electrons. The predicted molar refractivity (Wildman–Crippen MR) is 85.0 cm³/mol. The summed E-state index contributed by atoms with van der Waals surface area (Å²) in [4.78, 5) is 11.4. The summed E-state index contributed by atoms with van der Waals surface area (Å²) in [5, 5.41) is 18.9. The average molecular weight is 300 g/mol. The van der Waals surface area contributed by atoms with Crippen molar-refractivity contribution in [2.45, 2.75) is 25.9 Å². The van der Waals surface area contributed by atoms with E-state index in [1.165, 1.54) is 0 Å². The number of rotatable bonds is 5. The van der Waals surface area contributed by atoms with Crippen molar-refractivity contribution in [1.29, 1.82) is 0 Å². The van der Waals surface area contributed by atoms with E-state index in [1.54, 1.807) is 33.1 Å². The molecule has 0 atom stereocenters. The van der Waals surface area contributed by atoms with Crippen molar-refractivity contribution in [3.63, 3.8) is 0 Å². The van der Waals surface area contributed by atoms with Crippen molar-refractivity contribution in [2.24, 2.45) is 0 Å². The molecule has 4 nitrogen and oxygen atoms in total. The number of aliphatic hydroxyl groups is 1. The minimum Gasteiger partial charge on any atom is -0.497 e. The van der Waals surface area contributed by atoms with Crippen molar-refractivity contribution in [3.05, 3.63) is 53.6 Å². The van der Waals surface area contributed by atoms with E-state index in [2.05, 4.69) is 0 Å². The van der Waals surface area contributed by atoms with E-state index >= 15 is 0 Å². The molecule has 0 amide bonds. The number of carboxylic acids is 1. The number of aliphatic carboxylic acids is 1. The Morgan fingerprint density at radius 3 is 2.50 bits per heavy atom. The molecular weight excluding hydrogens is 280 g/mol. The third-order valence-corrected chi connectivity index (χ3v) is 3.92. The van der Waals surface area contributed by atoms with E-state index in [4.69, 9.17) is 4.74 Å². The third kappa shape index (κ3) is 2.97. The monoisotopic (exact) mass is 300 g/mol. The zero-order chi connectivity index (χ0) is 16.3. The Labute approximate surface area is 130 Å². The maximum atomic E-state index is 11.4. The highest BCUT2D eigenvalue weighted by Gasteiger charge is 2.29. The second-order valence-corrected chi connectivity index (χ2v) is 5.69. The van der Waals surface area contributed by atoms with E-state index in [-0.39, 0.29) is 6.61 Å². The Kier molecular flexibility index (Phi) is 4.52. The first kappa shape index (κ1) is 16.0. The predicted octanol–water partition coefficient (Wildman–Crippen LogP) is 3.22. The van der Waals surface area contributed by atoms with Crippen LogP contribution in [-0.2, 0) is 16.8 Å². The van der Waals surface area contributed by atoms with Crippen molar-refractivity contribution in [2.75, 3.05) is 7.11 Å². The summed E-state index contributed by atoms with van der Waals surface area (Å²) in [7, 11) is 1.59. The van der Waals surface area contributed by atoms with E-state index in [1.807, 2.05) is 30.3 Å². The molecule has 22 heavy (non-hydrogen) atoms. The van der Waals surface area contributed by atoms with Crippen molar-refractivity contribution < 1.29 is 19.7 Å². The summed E-state index contributed by atoms with van der Waals surface area (Å²) in [5.74, 6) is -0.187. The molecular formula is C18H20O4. The number of benzene rings is 2. The summed E-state index contributed by atoms with van der Waals surface area (Å²) < 4.78 is 5.24. The topological polar surface area (TPSA) is 66.8 Å². The summed E-state index contributed by atoms with van der Waals surface area (Å²) in [5.41, 5.74) is 2.20. The Morgan fingerprint density at radius 1 is 1.18 bits per heavy atom. The normalized spacial score (nSPS) is 11.3. The molecule has 0 fully saturated rings. The van der Waals surface area contributed by atoms with Gasteiger partial charge in [0.15, 0.2) is 0 Å². The van der Waals surface area contributed by atoms with Crippen molar-refractivity contribution in [3.8, 4) is 16.9 Å². The summed E-state index contributed by atoms with van der Waals surface area (Å²) >= 11 is 0. The zero-order valence-corrected chi connectivity index (χ0v) is 13.0. The first-order valence-corrected chi connectivity index (χ1v) is 7.02. The Balaban J connectivity index is 2.57. The van der Waals surface area contributed by atoms with Gasteiger partial charge in [0.25, 0.3) is 0 Å². The van der Waals surface area contributed by atoms with E-state index in [9.17, 15) is 15.0 Å². The number of carbonyl (C=O) groups is 1. The molecule has 2 aromatic carbocycles. The number of hydrogen-bond acceptors (Lipinski definition) is 3. The molecule has 2 N–H and O–H groups in total. The van der Waals surface area contributed by atoms with Gasteiger partial charge in [-0.25, -0.2) is 0 Å². The molecule has 0 bridgehead atoms. The van der Waals surface area contributed by atoms with Crippen molar-refractivity contribution >= 4 is 5.97 Å². The smallest absolute Gasteiger partial charge is 0.313 e. The molecule has 0 aromatic heterocycles. The standard InChI is InChI=1S/C18H20O4/c1-18(2,17(20)21)14-6-4-5-12(9-14)16-10-15(22-3)8-7-13(16)11-19/h4-10,19H,11H2,1-3H3,(H,20,21). The molecule has 0 aliphatic heterocycles.